The summed E-state index contributed by atoms with van der Waals surface area (Å²) in [6.07, 6.45) is 9.46. The summed E-state index contributed by atoms with van der Waals surface area (Å²) in [5.74, 6) is -0.121. The zero-order valence-corrected chi connectivity index (χ0v) is 19.4. The number of carbonyl (C=O) groups excluding carboxylic acids is 1. The number of piperidine rings is 1. The molecule has 2 aromatic carbocycles. The highest BCUT2D eigenvalue weighted by atomic mass is 32.2. The molecule has 1 aliphatic carbocycles. The molecule has 7 heteroatoms. The molecule has 0 spiro atoms. The molecule has 0 unspecified atom stereocenters. The van der Waals surface area contributed by atoms with Crippen molar-refractivity contribution < 1.29 is 13.2 Å². The van der Waals surface area contributed by atoms with Crippen LogP contribution in [0.1, 0.15) is 56.9 Å². The summed E-state index contributed by atoms with van der Waals surface area (Å²) in [7, 11) is -3.44. The molecule has 1 aliphatic heterocycles. The quantitative estimate of drug-likeness (QED) is 0.629. The Morgan fingerprint density at radius 1 is 0.812 bits per heavy atom. The zero-order valence-electron chi connectivity index (χ0n) is 18.6. The van der Waals surface area contributed by atoms with Crippen molar-refractivity contribution in [2.24, 2.45) is 0 Å². The molecule has 0 bridgehead atoms. The summed E-state index contributed by atoms with van der Waals surface area (Å²) in [4.78, 5) is 12.8. The van der Waals surface area contributed by atoms with E-state index in [1.807, 2.05) is 24.3 Å². The fourth-order valence-electron chi connectivity index (χ4n) is 4.56. The molecule has 2 aliphatic rings. The summed E-state index contributed by atoms with van der Waals surface area (Å²) in [5, 5.41) is 6.50. The Morgan fingerprint density at radius 2 is 1.41 bits per heavy atom. The van der Waals surface area contributed by atoms with Crippen LogP contribution in [0.4, 0.5) is 11.4 Å². The van der Waals surface area contributed by atoms with Crippen molar-refractivity contribution in [1.82, 2.24) is 4.31 Å². The number of hydrogen-bond acceptors (Lipinski definition) is 4. The second-order valence-electron chi connectivity index (χ2n) is 8.89. The third kappa shape index (κ3) is 5.90. The molecule has 1 heterocycles. The first-order valence-corrected chi connectivity index (χ1v) is 13.2. The lowest BCUT2D eigenvalue weighted by Crippen LogP contribution is -2.35. The third-order valence-electron chi connectivity index (χ3n) is 6.39. The molecule has 2 aromatic rings. The number of benzene rings is 2. The van der Waals surface area contributed by atoms with E-state index in [-0.39, 0.29) is 12.3 Å². The van der Waals surface area contributed by atoms with Gasteiger partial charge in [-0.1, -0.05) is 37.8 Å². The molecule has 4 rings (SSSR count). The number of sulfonamides is 1. The van der Waals surface area contributed by atoms with Crippen molar-refractivity contribution in [3.8, 4) is 0 Å². The Morgan fingerprint density at radius 3 is 2.06 bits per heavy atom. The van der Waals surface area contributed by atoms with Crippen LogP contribution in [-0.4, -0.2) is 37.8 Å². The average molecular weight is 456 g/mol. The second kappa shape index (κ2) is 10.5. The number of carbonyl (C=O) groups is 1. The van der Waals surface area contributed by atoms with Crippen LogP contribution in [0, 0.1) is 0 Å². The third-order valence-corrected chi connectivity index (χ3v) is 8.30. The van der Waals surface area contributed by atoms with Gasteiger partial charge in [-0.3, -0.25) is 4.79 Å². The smallest absolute Gasteiger partial charge is 0.243 e. The molecule has 32 heavy (non-hydrogen) atoms. The largest absolute Gasteiger partial charge is 0.382 e. The molecule has 1 amide bonds. The van der Waals surface area contributed by atoms with Crippen LogP contribution < -0.4 is 10.6 Å². The van der Waals surface area contributed by atoms with E-state index in [9.17, 15) is 13.2 Å². The van der Waals surface area contributed by atoms with Crippen LogP contribution >= 0.6 is 0 Å². The first-order valence-electron chi connectivity index (χ1n) is 11.8. The Balaban J connectivity index is 1.30. The van der Waals surface area contributed by atoms with Crippen LogP contribution in [-0.2, 0) is 21.2 Å². The minimum absolute atomic E-state index is 0.121. The molecule has 2 N–H and O–H groups in total. The van der Waals surface area contributed by atoms with Gasteiger partial charge in [0, 0.05) is 30.5 Å². The van der Waals surface area contributed by atoms with Crippen molar-refractivity contribution >= 4 is 27.3 Å². The van der Waals surface area contributed by atoms with E-state index in [0.29, 0.717) is 24.0 Å². The molecular formula is C25H33N3O3S. The van der Waals surface area contributed by atoms with Gasteiger partial charge in [-0.25, -0.2) is 8.42 Å². The fraction of sp³-hybridized carbons (Fsp3) is 0.480. The number of hydrogen-bond donors (Lipinski definition) is 2. The Kier molecular flexibility index (Phi) is 7.48. The number of nitrogens with zero attached hydrogens (tertiary/aromatic N) is 1. The van der Waals surface area contributed by atoms with E-state index in [2.05, 4.69) is 10.6 Å². The number of rotatable bonds is 7. The topological polar surface area (TPSA) is 78.5 Å². The summed E-state index contributed by atoms with van der Waals surface area (Å²) >= 11 is 0. The molecule has 0 radical (unpaired) electrons. The summed E-state index contributed by atoms with van der Waals surface area (Å²) < 4.78 is 27.1. The highest BCUT2D eigenvalue weighted by molar-refractivity contribution is 7.89. The SMILES string of the molecule is O=C(Cc1ccc(S(=O)(=O)N2CCCCC2)cc1)Nc1ccc(NC2CCCCC2)cc1. The zero-order chi connectivity index (χ0) is 22.4. The van der Waals surface area contributed by atoms with Gasteiger partial charge in [-0.15, -0.1) is 0 Å². The van der Waals surface area contributed by atoms with Gasteiger partial charge in [0.2, 0.25) is 15.9 Å². The summed E-state index contributed by atoms with van der Waals surface area (Å²) in [5.41, 5.74) is 2.63. The molecule has 0 aromatic heterocycles. The van der Waals surface area contributed by atoms with Gasteiger partial charge in [-0.05, 0) is 67.6 Å². The lowest BCUT2D eigenvalue weighted by molar-refractivity contribution is -0.115. The van der Waals surface area contributed by atoms with Crippen LogP contribution in [0.25, 0.3) is 0 Å². The Hall–Kier alpha value is -2.38. The van der Waals surface area contributed by atoms with Gasteiger partial charge in [0.05, 0.1) is 11.3 Å². The summed E-state index contributed by atoms with van der Waals surface area (Å²) in [6.45, 7) is 1.17. The van der Waals surface area contributed by atoms with E-state index in [4.69, 9.17) is 0 Å². The molecular weight excluding hydrogens is 422 g/mol. The Labute approximate surface area is 191 Å². The van der Waals surface area contributed by atoms with Crippen LogP contribution in [0.3, 0.4) is 0 Å². The van der Waals surface area contributed by atoms with Gasteiger partial charge < -0.3 is 10.6 Å². The lowest BCUT2D eigenvalue weighted by atomic mass is 9.95. The molecule has 172 valence electrons. The van der Waals surface area contributed by atoms with E-state index in [1.54, 1.807) is 28.6 Å². The van der Waals surface area contributed by atoms with Gasteiger partial charge >= 0.3 is 0 Å². The predicted molar refractivity (Wildman–Crippen MR) is 128 cm³/mol. The van der Waals surface area contributed by atoms with Crippen molar-refractivity contribution in [3.63, 3.8) is 0 Å². The maximum Gasteiger partial charge on any atom is 0.243 e. The van der Waals surface area contributed by atoms with Crippen molar-refractivity contribution in [1.29, 1.82) is 0 Å². The van der Waals surface area contributed by atoms with E-state index >= 15 is 0 Å². The van der Waals surface area contributed by atoms with Gasteiger partial charge in [-0.2, -0.15) is 4.31 Å². The van der Waals surface area contributed by atoms with Crippen LogP contribution in [0.2, 0.25) is 0 Å². The van der Waals surface area contributed by atoms with Crippen LogP contribution in [0.15, 0.2) is 53.4 Å². The van der Waals surface area contributed by atoms with E-state index in [1.165, 1.54) is 32.1 Å². The standard InChI is InChI=1S/C25H33N3O3S/c29-25(27-23-13-11-22(12-14-23)26-21-7-3-1-4-8-21)19-20-9-15-24(16-10-20)32(30,31)28-17-5-2-6-18-28/h9-16,21,26H,1-8,17-19H2,(H,27,29). The highest BCUT2D eigenvalue weighted by Gasteiger charge is 2.25. The lowest BCUT2D eigenvalue weighted by Gasteiger charge is -2.25. The van der Waals surface area contributed by atoms with Gasteiger partial charge in [0.1, 0.15) is 0 Å². The molecule has 2 fully saturated rings. The van der Waals surface area contributed by atoms with Crippen LogP contribution in [0.5, 0.6) is 0 Å². The second-order valence-corrected chi connectivity index (χ2v) is 10.8. The van der Waals surface area contributed by atoms with Gasteiger partial charge in [0.15, 0.2) is 0 Å². The molecule has 1 saturated heterocycles. The first kappa shape index (κ1) is 22.8. The fourth-order valence-corrected chi connectivity index (χ4v) is 6.07. The maximum absolute atomic E-state index is 12.8. The maximum atomic E-state index is 12.8. The molecule has 1 saturated carbocycles. The minimum atomic E-state index is -3.44. The number of anilines is 2. The van der Waals surface area contributed by atoms with Crippen molar-refractivity contribution in [2.45, 2.75) is 68.7 Å². The Bertz CT molecular complexity index is 992. The van der Waals surface area contributed by atoms with Gasteiger partial charge in [0.25, 0.3) is 0 Å². The number of nitrogens with one attached hydrogen (secondary N) is 2. The first-order chi connectivity index (χ1) is 15.5. The van der Waals surface area contributed by atoms with E-state index < -0.39 is 10.0 Å². The minimum Gasteiger partial charge on any atom is -0.382 e. The molecule has 0 atom stereocenters. The monoisotopic (exact) mass is 455 g/mol. The average Bonchev–Trinajstić information content (AvgIpc) is 2.82. The van der Waals surface area contributed by atoms with Crippen molar-refractivity contribution in [3.05, 3.63) is 54.1 Å². The summed E-state index contributed by atoms with van der Waals surface area (Å²) in [6, 6.07) is 15.1. The van der Waals surface area contributed by atoms with Crippen molar-refractivity contribution in [2.75, 3.05) is 23.7 Å². The number of amides is 1. The van der Waals surface area contributed by atoms with E-state index in [0.717, 1.165) is 36.2 Å². The predicted octanol–water partition coefficient (Wildman–Crippen LogP) is 4.79. The normalized spacial score (nSPS) is 18.2. The highest BCUT2D eigenvalue weighted by Crippen LogP contribution is 2.23. The molecule has 6 nitrogen and oxygen atoms in total.